The molecule has 0 spiro atoms. The van der Waals surface area contributed by atoms with Gasteiger partial charge in [-0.05, 0) is 25.9 Å². The fraction of sp³-hybridized carbons (Fsp3) is 0.833. The van der Waals surface area contributed by atoms with E-state index in [-0.39, 0.29) is 17.7 Å². The number of amides is 1. The molecule has 17 heavy (non-hydrogen) atoms. The first-order valence-corrected chi connectivity index (χ1v) is 6.61. The molecule has 1 aliphatic heterocycles. The summed E-state index contributed by atoms with van der Waals surface area (Å²) in [5, 5.41) is 0. The molecule has 0 radical (unpaired) electrons. The highest BCUT2D eigenvalue weighted by Gasteiger charge is 2.29. The number of hydrogen-bond donors (Lipinski definition) is 1. The standard InChI is InChI=1S/C12H23N3OS/c1-9(2)10(11(13)17)12(16)15-6-4-5-14(3)7-8-15/h9-10H,4-8H2,1-3H3,(H2,13,17). The maximum atomic E-state index is 12.4. The largest absolute Gasteiger partial charge is 0.393 e. The Labute approximate surface area is 109 Å². The molecule has 1 amide bonds. The fourth-order valence-electron chi connectivity index (χ4n) is 2.20. The van der Waals surface area contributed by atoms with E-state index in [0.717, 1.165) is 32.6 Å². The van der Waals surface area contributed by atoms with Gasteiger partial charge in [-0.1, -0.05) is 26.1 Å². The number of carbonyl (C=O) groups excluding carboxylic acids is 1. The minimum Gasteiger partial charge on any atom is -0.393 e. The van der Waals surface area contributed by atoms with Crippen LogP contribution in [0.1, 0.15) is 20.3 Å². The minimum absolute atomic E-state index is 0.0998. The zero-order valence-electron chi connectivity index (χ0n) is 11.0. The van der Waals surface area contributed by atoms with Crippen LogP contribution < -0.4 is 5.73 Å². The van der Waals surface area contributed by atoms with Crippen LogP contribution in [-0.4, -0.2) is 53.9 Å². The third kappa shape index (κ3) is 3.92. The van der Waals surface area contributed by atoms with Crippen molar-refractivity contribution in [2.24, 2.45) is 17.6 Å². The predicted molar refractivity (Wildman–Crippen MR) is 73.8 cm³/mol. The molecule has 2 N–H and O–H groups in total. The molecule has 0 aromatic rings. The first-order chi connectivity index (χ1) is 7.93. The summed E-state index contributed by atoms with van der Waals surface area (Å²) in [6.07, 6.45) is 1.02. The average Bonchev–Trinajstić information content (AvgIpc) is 2.41. The second-order valence-electron chi connectivity index (χ2n) is 5.11. The third-order valence-corrected chi connectivity index (χ3v) is 3.52. The van der Waals surface area contributed by atoms with Gasteiger partial charge < -0.3 is 15.5 Å². The van der Waals surface area contributed by atoms with E-state index in [9.17, 15) is 4.79 Å². The zero-order chi connectivity index (χ0) is 13.0. The maximum Gasteiger partial charge on any atom is 0.232 e. The molecule has 1 heterocycles. The molecule has 1 atom stereocenters. The predicted octanol–water partition coefficient (Wildman–Crippen LogP) is 0.709. The number of rotatable bonds is 3. The molecule has 0 aromatic heterocycles. The van der Waals surface area contributed by atoms with Crippen LogP contribution in [-0.2, 0) is 4.79 Å². The van der Waals surface area contributed by atoms with Crippen molar-refractivity contribution >= 4 is 23.1 Å². The molecule has 1 fully saturated rings. The van der Waals surface area contributed by atoms with E-state index < -0.39 is 0 Å². The molecule has 0 saturated carbocycles. The number of likely N-dealkylation sites (N-methyl/N-ethyl adjacent to an activating group) is 1. The van der Waals surface area contributed by atoms with Crippen LogP contribution in [0.3, 0.4) is 0 Å². The molecule has 98 valence electrons. The Kier molecular flexibility index (Phi) is 5.33. The molecular formula is C12H23N3OS. The molecule has 1 unspecified atom stereocenters. The molecule has 1 rings (SSSR count). The quantitative estimate of drug-likeness (QED) is 0.757. The number of carbonyl (C=O) groups is 1. The van der Waals surface area contributed by atoms with Crippen LogP contribution in [0.4, 0.5) is 0 Å². The fourth-order valence-corrected chi connectivity index (χ4v) is 2.57. The van der Waals surface area contributed by atoms with Crippen molar-refractivity contribution in [1.29, 1.82) is 0 Å². The van der Waals surface area contributed by atoms with Gasteiger partial charge in [0.1, 0.15) is 0 Å². The Morgan fingerprint density at radius 2 is 1.88 bits per heavy atom. The van der Waals surface area contributed by atoms with Crippen molar-refractivity contribution in [3.05, 3.63) is 0 Å². The van der Waals surface area contributed by atoms with Gasteiger partial charge in [-0.25, -0.2) is 0 Å². The highest BCUT2D eigenvalue weighted by molar-refractivity contribution is 7.80. The topological polar surface area (TPSA) is 49.6 Å². The lowest BCUT2D eigenvalue weighted by Gasteiger charge is -2.27. The lowest BCUT2D eigenvalue weighted by atomic mass is 9.94. The van der Waals surface area contributed by atoms with Gasteiger partial charge in [-0.15, -0.1) is 0 Å². The Morgan fingerprint density at radius 1 is 1.24 bits per heavy atom. The highest BCUT2D eigenvalue weighted by Crippen LogP contribution is 2.16. The zero-order valence-corrected chi connectivity index (χ0v) is 11.8. The second kappa shape index (κ2) is 6.31. The molecule has 0 aromatic carbocycles. The van der Waals surface area contributed by atoms with Crippen LogP contribution in [0.2, 0.25) is 0 Å². The van der Waals surface area contributed by atoms with Crippen LogP contribution in [0.15, 0.2) is 0 Å². The second-order valence-corrected chi connectivity index (χ2v) is 5.58. The van der Waals surface area contributed by atoms with Gasteiger partial charge in [0.05, 0.1) is 10.9 Å². The smallest absolute Gasteiger partial charge is 0.232 e. The van der Waals surface area contributed by atoms with Gasteiger partial charge in [0.25, 0.3) is 0 Å². The average molecular weight is 257 g/mol. The summed E-state index contributed by atoms with van der Waals surface area (Å²) in [6, 6.07) is 0. The first kappa shape index (κ1) is 14.4. The van der Waals surface area contributed by atoms with Crippen molar-refractivity contribution in [2.75, 3.05) is 33.2 Å². The normalized spacial score (nSPS) is 20.1. The Balaban J connectivity index is 2.70. The van der Waals surface area contributed by atoms with Gasteiger partial charge in [0.2, 0.25) is 5.91 Å². The van der Waals surface area contributed by atoms with Crippen LogP contribution in [0.5, 0.6) is 0 Å². The van der Waals surface area contributed by atoms with Crippen molar-refractivity contribution in [2.45, 2.75) is 20.3 Å². The van der Waals surface area contributed by atoms with Crippen molar-refractivity contribution < 1.29 is 4.79 Å². The highest BCUT2D eigenvalue weighted by atomic mass is 32.1. The van der Waals surface area contributed by atoms with E-state index in [1.807, 2.05) is 18.7 Å². The van der Waals surface area contributed by atoms with Gasteiger partial charge in [0.15, 0.2) is 0 Å². The summed E-state index contributed by atoms with van der Waals surface area (Å²) < 4.78 is 0. The van der Waals surface area contributed by atoms with Crippen molar-refractivity contribution in [3.8, 4) is 0 Å². The van der Waals surface area contributed by atoms with E-state index in [2.05, 4.69) is 11.9 Å². The maximum absolute atomic E-state index is 12.4. The van der Waals surface area contributed by atoms with E-state index in [0.29, 0.717) is 4.99 Å². The van der Waals surface area contributed by atoms with E-state index in [1.165, 1.54) is 0 Å². The number of nitrogens with two attached hydrogens (primary N) is 1. The molecule has 4 nitrogen and oxygen atoms in total. The van der Waals surface area contributed by atoms with Crippen LogP contribution >= 0.6 is 12.2 Å². The molecule has 1 saturated heterocycles. The van der Waals surface area contributed by atoms with Gasteiger partial charge in [-0.2, -0.15) is 0 Å². The SMILES string of the molecule is CC(C)C(C(=O)N1CCCN(C)CC1)C(N)=S. The summed E-state index contributed by atoms with van der Waals surface area (Å²) in [4.78, 5) is 16.9. The number of thiocarbonyl (C=S) groups is 1. The Morgan fingerprint density at radius 3 is 2.41 bits per heavy atom. The first-order valence-electron chi connectivity index (χ1n) is 6.20. The number of nitrogens with zero attached hydrogens (tertiary/aromatic N) is 2. The molecule has 1 aliphatic rings. The van der Waals surface area contributed by atoms with Gasteiger partial charge in [-0.3, -0.25) is 4.79 Å². The molecule has 0 aliphatic carbocycles. The van der Waals surface area contributed by atoms with Gasteiger partial charge >= 0.3 is 0 Å². The lowest BCUT2D eigenvalue weighted by molar-refractivity contribution is -0.134. The van der Waals surface area contributed by atoms with Crippen LogP contribution in [0.25, 0.3) is 0 Å². The lowest BCUT2D eigenvalue weighted by Crippen LogP contribution is -2.44. The summed E-state index contributed by atoms with van der Waals surface area (Å²) in [6.45, 7) is 7.55. The van der Waals surface area contributed by atoms with Gasteiger partial charge in [0, 0.05) is 19.6 Å². The Hall–Kier alpha value is -0.680. The Bertz CT molecular complexity index is 293. The molecule has 0 bridgehead atoms. The summed E-state index contributed by atoms with van der Waals surface area (Å²) in [5.74, 6) is -0.0443. The molecule has 5 heteroatoms. The van der Waals surface area contributed by atoms with E-state index in [1.54, 1.807) is 0 Å². The summed E-state index contributed by atoms with van der Waals surface area (Å²) >= 11 is 5.02. The van der Waals surface area contributed by atoms with E-state index in [4.69, 9.17) is 18.0 Å². The number of hydrogen-bond acceptors (Lipinski definition) is 3. The van der Waals surface area contributed by atoms with E-state index >= 15 is 0 Å². The summed E-state index contributed by atoms with van der Waals surface area (Å²) in [7, 11) is 2.08. The third-order valence-electron chi connectivity index (χ3n) is 3.27. The molecular weight excluding hydrogens is 234 g/mol. The van der Waals surface area contributed by atoms with Crippen LogP contribution in [0, 0.1) is 11.8 Å². The van der Waals surface area contributed by atoms with Crippen molar-refractivity contribution in [3.63, 3.8) is 0 Å². The summed E-state index contributed by atoms with van der Waals surface area (Å²) in [5.41, 5.74) is 5.69. The van der Waals surface area contributed by atoms with Crippen molar-refractivity contribution in [1.82, 2.24) is 9.80 Å². The minimum atomic E-state index is -0.312. The monoisotopic (exact) mass is 257 g/mol.